The lowest BCUT2D eigenvalue weighted by molar-refractivity contribution is 0.663. The topological polar surface area (TPSA) is 26.3 Å². The van der Waals surface area contributed by atoms with Gasteiger partial charge in [-0.15, -0.1) is 0 Å². The summed E-state index contributed by atoms with van der Waals surface area (Å²) in [6.45, 7) is 0. The Morgan fingerprint density at radius 2 is 0.913 bits per heavy atom. The largest absolute Gasteiger partial charge is 0.456 e. The lowest BCUT2D eigenvalue weighted by atomic mass is 9.84. The van der Waals surface area contributed by atoms with Crippen molar-refractivity contribution in [2.75, 3.05) is 0 Å². The van der Waals surface area contributed by atoms with Crippen LogP contribution in [0.5, 0.6) is 0 Å². The van der Waals surface area contributed by atoms with E-state index in [1.165, 1.54) is 0 Å². The van der Waals surface area contributed by atoms with E-state index in [1.54, 1.807) is 30.3 Å². The zero-order valence-corrected chi connectivity index (χ0v) is 23.5. The van der Waals surface area contributed by atoms with Gasteiger partial charge in [0.25, 0.3) is 0 Å². The van der Waals surface area contributed by atoms with Crippen molar-refractivity contribution in [3.05, 3.63) is 157 Å². The highest BCUT2D eigenvalue weighted by Gasteiger charge is 2.21. The fraction of sp³-hybridized carbons (Fsp3) is 0. The van der Waals surface area contributed by atoms with Crippen molar-refractivity contribution in [2.45, 2.75) is 0 Å². The standard InChI is InChI=1S/C44H26O2/c1-2-12-27(13-3-1)29-14-4-5-15-30(29)42-33-18-8-6-16-31(33)41(32-17-7-9-19-34(32)42)28-22-23-36-40(26-28)46-39-25-24-38-43(44(36)39)35-20-10-11-21-37(35)45-38/h1-26H/i1D,2D,3D,4D,5D,6D,7D,8D,9D,12D,13D,14D,15D,16D,17D,18D,19D. The summed E-state index contributed by atoms with van der Waals surface area (Å²) in [6, 6.07) is 2.57. The molecule has 0 radical (unpaired) electrons. The molecule has 0 saturated heterocycles. The van der Waals surface area contributed by atoms with E-state index in [2.05, 4.69) is 0 Å². The zero-order valence-electron chi connectivity index (χ0n) is 40.5. The summed E-state index contributed by atoms with van der Waals surface area (Å²) in [5.74, 6) is 0. The molecule has 2 nitrogen and oxygen atoms in total. The first-order valence-electron chi connectivity index (χ1n) is 22.8. The molecule has 0 fully saturated rings. The Hall–Kier alpha value is -6.12. The fourth-order valence-electron chi connectivity index (χ4n) is 6.46. The molecule has 10 aromatic rings. The van der Waals surface area contributed by atoms with Crippen LogP contribution in [0.2, 0.25) is 0 Å². The molecule has 10 rings (SSSR count). The summed E-state index contributed by atoms with van der Waals surface area (Å²) in [7, 11) is 0. The molecule has 0 spiro atoms. The number of fused-ring (bicyclic) bond motifs is 9. The minimum absolute atomic E-state index is 0.0748. The maximum atomic E-state index is 9.42. The van der Waals surface area contributed by atoms with Crippen LogP contribution in [-0.2, 0) is 0 Å². The van der Waals surface area contributed by atoms with Crippen LogP contribution in [0.3, 0.4) is 0 Å². The summed E-state index contributed by atoms with van der Waals surface area (Å²) in [5, 5.41) is 1.60. The van der Waals surface area contributed by atoms with Crippen LogP contribution in [0, 0.1) is 0 Å². The van der Waals surface area contributed by atoms with Gasteiger partial charge in [0.15, 0.2) is 0 Å². The molecule has 0 bridgehead atoms. The molecule has 8 aromatic carbocycles. The highest BCUT2D eigenvalue weighted by molar-refractivity contribution is 6.27. The normalized spacial score (nSPS) is 17.1. The maximum Gasteiger partial charge on any atom is 0.136 e. The second kappa shape index (κ2) is 9.69. The van der Waals surface area contributed by atoms with Crippen molar-refractivity contribution in [3.63, 3.8) is 0 Å². The Labute approximate surface area is 288 Å². The number of rotatable bonds is 3. The van der Waals surface area contributed by atoms with Crippen molar-refractivity contribution < 1.29 is 32.1 Å². The molecule has 46 heavy (non-hydrogen) atoms. The van der Waals surface area contributed by atoms with E-state index >= 15 is 0 Å². The van der Waals surface area contributed by atoms with Gasteiger partial charge in [0.05, 0.1) is 23.3 Å². The quantitative estimate of drug-likeness (QED) is 0.188. The summed E-state index contributed by atoms with van der Waals surface area (Å²) < 4.78 is 164. The number of hydrogen-bond acceptors (Lipinski definition) is 2. The minimum Gasteiger partial charge on any atom is -0.456 e. The smallest absolute Gasteiger partial charge is 0.136 e. The molecule has 214 valence electrons. The number of para-hydroxylation sites is 1. The van der Waals surface area contributed by atoms with Gasteiger partial charge < -0.3 is 8.83 Å². The van der Waals surface area contributed by atoms with Gasteiger partial charge in [-0.1, -0.05) is 127 Å². The Balaban J connectivity index is 1.45. The summed E-state index contributed by atoms with van der Waals surface area (Å²) in [5.41, 5.74) is -0.208. The van der Waals surface area contributed by atoms with Crippen LogP contribution in [0.1, 0.15) is 23.3 Å². The second-order valence-corrected chi connectivity index (χ2v) is 10.7. The second-order valence-electron chi connectivity index (χ2n) is 10.7. The minimum atomic E-state index is -0.869. The molecular formula is C44H26O2. The molecular weight excluding hydrogens is 560 g/mol. The number of hydrogen-bond donors (Lipinski definition) is 0. The molecule has 2 heterocycles. The van der Waals surface area contributed by atoms with Crippen LogP contribution in [-0.4, -0.2) is 0 Å². The predicted octanol–water partition coefficient (Wildman–Crippen LogP) is 12.8. The van der Waals surface area contributed by atoms with Gasteiger partial charge in [-0.05, 0) is 85.3 Å². The van der Waals surface area contributed by atoms with E-state index in [1.807, 2.05) is 24.3 Å². The SMILES string of the molecule is [2H]c1c([2H])c([2H])c(-c2c([2H])c([2H])c([2H])c([2H])c2-c2c3c([2H])c([2H])c([2H])c([2H])c3c(-c3ccc4c(c3)oc3ccc5oc6ccccc6c5c34)c3c([2H])c([2H])c([2H])c([2H])c23)c([2H])c1[2H]. The van der Waals surface area contributed by atoms with Crippen LogP contribution in [0.4, 0.5) is 0 Å². The third kappa shape index (κ3) is 3.59. The molecule has 0 N–H and O–H groups in total. The molecule has 0 amide bonds. The average molecular weight is 604 g/mol. The van der Waals surface area contributed by atoms with Crippen molar-refractivity contribution in [2.24, 2.45) is 0 Å². The van der Waals surface area contributed by atoms with Gasteiger partial charge in [0.1, 0.15) is 22.3 Å². The van der Waals surface area contributed by atoms with Gasteiger partial charge in [-0.2, -0.15) is 0 Å². The Morgan fingerprint density at radius 1 is 0.370 bits per heavy atom. The van der Waals surface area contributed by atoms with E-state index in [0.717, 1.165) is 16.2 Å². The summed E-state index contributed by atoms with van der Waals surface area (Å²) in [6.07, 6.45) is 0. The Kier molecular flexibility index (Phi) is 2.93. The van der Waals surface area contributed by atoms with Crippen LogP contribution in [0.15, 0.2) is 166 Å². The predicted molar refractivity (Wildman–Crippen MR) is 192 cm³/mol. The van der Waals surface area contributed by atoms with Crippen LogP contribution in [0.25, 0.3) is 98.8 Å². The first kappa shape index (κ1) is 13.9. The third-order valence-corrected chi connectivity index (χ3v) is 8.33. The van der Waals surface area contributed by atoms with Gasteiger partial charge in [0.2, 0.25) is 0 Å². The van der Waals surface area contributed by atoms with E-state index < -0.39 is 136 Å². The van der Waals surface area contributed by atoms with Crippen molar-refractivity contribution in [3.8, 4) is 33.4 Å². The molecule has 0 aliphatic rings. The van der Waals surface area contributed by atoms with E-state index in [4.69, 9.17) is 25.3 Å². The highest BCUT2D eigenvalue weighted by atomic mass is 16.3. The molecule has 0 aliphatic carbocycles. The lowest BCUT2D eigenvalue weighted by Gasteiger charge is -2.19. The van der Waals surface area contributed by atoms with Gasteiger partial charge in [-0.25, -0.2) is 0 Å². The molecule has 0 saturated carbocycles. The van der Waals surface area contributed by atoms with Crippen molar-refractivity contribution in [1.82, 2.24) is 0 Å². The Morgan fingerprint density at radius 3 is 1.61 bits per heavy atom. The van der Waals surface area contributed by atoms with Crippen LogP contribution < -0.4 is 0 Å². The van der Waals surface area contributed by atoms with E-state index in [0.29, 0.717) is 27.7 Å². The monoisotopic (exact) mass is 603 g/mol. The first-order chi connectivity index (χ1) is 29.9. The molecule has 0 aliphatic heterocycles. The van der Waals surface area contributed by atoms with E-state index in [-0.39, 0.29) is 21.9 Å². The van der Waals surface area contributed by atoms with Crippen molar-refractivity contribution in [1.29, 1.82) is 0 Å². The lowest BCUT2D eigenvalue weighted by Crippen LogP contribution is -1.92. The zero-order chi connectivity index (χ0) is 45.0. The molecule has 2 heteroatoms. The van der Waals surface area contributed by atoms with Gasteiger partial charge in [-0.3, -0.25) is 0 Å². The first-order valence-corrected chi connectivity index (χ1v) is 14.3. The highest BCUT2D eigenvalue weighted by Crippen LogP contribution is 2.47. The average Bonchev–Trinajstić information content (AvgIpc) is 3.85. The molecule has 0 unspecified atom stereocenters. The fourth-order valence-corrected chi connectivity index (χ4v) is 6.46. The van der Waals surface area contributed by atoms with Gasteiger partial charge in [0, 0.05) is 21.5 Å². The Bertz CT molecular complexity index is 3670. The molecule has 0 atom stereocenters. The number of furan rings is 2. The van der Waals surface area contributed by atoms with Crippen molar-refractivity contribution >= 4 is 65.4 Å². The molecule has 2 aromatic heterocycles. The van der Waals surface area contributed by atoms with E-state index in [9.17, 15) is 6.85 Å². The van der Waals surface area contributed by atoms with Gasteiger partial charge >= 0.3 is 0 Å². The summed E-state index contributed by atoms with van der Waals surface area (Å²) >= 11 is 0. The van der Waals surface area contributed by atoms with Crippen LogP contribution >= 0.6 is 0 Å². The third-order valence-electron chi connectivity index (χ3n) is 8.33. The number of benzene rings is 8. The summed E-state index contributed by atoms with van der Waals surface area (Å²) in [4.78, 5) is 0. The maximum absolute atomic E-state index is 9.42.